The summed E-state index contributed by atoms with van der Waals surface area (Å²) in [5.74, 6) is 6.58. The molecule has 208 valence electrons. The normalized spacial score (nSPS) is 15.6. The standard InChI is InChI=1S/C29H22ClF3N6O2/c1-17(27-38-23-9-5-8-22(30)24(23)28(40)39(27)19-6-3-2-4-7-19)37-26-21(25(34)35-16-36-26)15-12-18-10-13-20(14-11-18)41-29(31,32)33/h2-11,13,16-17,20H,14H2,1H3,(H3,34,35,36,37). The van der Waals surface area contributed by atoms with E-state index in [4.69, 9.17) is 22.3 Å². The van der Waals surface area contributed by atoms with Crippen LogP contribution in [0.2, 0.25) is 5.02 Å². The number of aromatic nitrogens is 4. The molecule has 2 unspecified atom stereocenters. The van der Waals surface area contributed by atoms with Gasteiger partial charge in [-0.1, -0.05) is 59.9 Å². The Morgan fingerprint density at radius 1 is 1.15 bits per heavy atom. The molecule has 0 saturated carbocycles. The van der Waals surface area contributed by atoms with Crippen LogP contribution in [0.25, 0.3) is 16.6 Å². The first-order valence-corrected chi connectivity index (χ1v) is 12.8. The fourth-order valence-electron chi connectivity index (χ4n) is 4.31. The first-order chi connectivity index (χ1) is 19.6. The average Bonchev–Trinajstić information content (AvgIpc) is 2.93. The third-order valence-corrected chi connectivity index (χ3v) is 6.50. The zero-order valence-corrected chi connectivity index (χ0v) is 22.2. The molecule has 0 bridgehead atoms. The predicted molar refractivity (Wildman–Crippen MR) is 150 cm³/mol. The highest BCUT2D eigenvalue weighted by molar-refractivity contribution is 6.35. The zero-order valence-electron chi connectivity index (χ0n) is 21.5. The van der Waals surface area contributed by atoms with E-state index in [0.717, 1.165) is 0 Å². The van der Waals surface area contributed by atoms with Crippen molar-refractivity contribution in [1.29, 1.82) is 0 Å². The Hall–Kier alpha value is -4.66. The second kappa shape index (κ2) is 11.4. The Kier molecular flexibility index (Phi) is 7.79. The van der Waals surface area contributed by atoms with Gasteiger partial charge in [0, 0.05) is 5.57 Å². The van der Waals surface area contributed by atoms with Crippen LogP contribution in [0.4, 0.5) is 24.8 Å². The van der Waals surface area contributed by atoms with Crippen molar-refractivity contribution < 1.29 is 17.9 Å². The number of nitrogens with one attached hydrogen (secondary N) is 1. The minimum absolute atomic E-state index is 0.0115. The first-order valence-electron chi connectivity index (χ1n) is 12.4. The van der Waals surface area contributed by atoms with Crippen LogP contribution in [0.3, 0.4) is 0 Å². The van der Waals surface area contributed by atoms with E-state index in [1.807, 2.05) is 18.2 Å². The van der Waals surface area contributed by atoms with Gasteiger partial charge in [0.15, 0.2) is 0 Å². The lowest BCUT2D eigenvalue weighted by atomic mass is 10.0. The highest BCUT2D eigenvalue weighted by atomic mass is 35.5. The smallest absolute Gasteiger partial charge is 0.382 e. The number of halogens is 4. The molecule has 3 N–H and O–H groups in total. The molecule has 41 heavy (non-hydrogen) atoms. The summed E-state index contributed by atoms with van der Waals surface area (Å²) in [5.41, 5.74) is 7.58. The lowest BCUT2D eigenvalue weighted by molar-refractivity contribution is -0.336. The molecular weight excluding hydrogens is 557 g/mol. The maximum absolute atomic E-state index is 13.7. The van der Waals surface area contributed by atoms with Gasteiger partial charge in [-0.2, -0.15) is 0 Å². The van der Waals surface area contributed by atoms with E-state index in [1.54, 1.807) is 43.3 Å². The highest BCUT2D eigenvalue weighted by Crippen LogP contribution is 2.27. The first kappa shape index (κ1) is 27.9. The predicted octanol–water partition coefficient (Wildman–Crippen LogP) is 5.73. The van der Waals surface area contributed by atoms with Gasteiger partial charge in [0.25, 0.3) is 5.56 Å². The van der Waals surface area contributed by atoms with Crippen LogP contribution in [-0.4, -0.2) is 32.0 Å². The van der Waals surface area contributed by atoms with E-state index in [1.165, 1.54) is 23.0 Å². The number of nitrogen functional groups attached to an aromatic ring is 1. The third-order valence-electron chi connectivity index (χ3n) is 6.18. The van der Waals surface area contributed by atoms with Gasteiger partial charge in [0.2, 0.25) is 0 Å². The number of benzene rings is 2. The number of alkyl halides is 3. The number of hydrogen-bond donors (Lipinski definition) is 2. The molecule has 0 saturated heterocycles. The van der Waals surface area contributed by atoms with Crippen LogP contribution in [0.5, 0.6) is 0 Å². The zero-order chi connectivity index (χ0) is 29.1. The van der Waals surface area contributed by atoms with Crippen LogP contribution in [-0.2, 0) is 4.74 Å². The van der Waals surface area contributed by atoms with Gasteiger partial charge in [-0.05, 0) is 43.7 Å². The fourth-order valence-corrected chi connectivity index (χ4v) is 4.56. The molecule has 8 nitrogen and oxygen atoms in total. The molecule has 2 heterocycles. The maximum Gasteiger partial charge on any atom is 0.523 e. The number of allylic oxidation sites excluding steroid dienone is 2. The van der Waals surface area contributed by atoms with Crippen molar-refractivity contribution in [2.24, 2.45) is 0 Å². The Morgan fingerprint density at radius 3 is 2.63 bits per heavy atom. The van der Waals surface area contributed by atoms with Gasteiger partial charge >= 0.3 is 6.36 Å². The SMILES string of the molecule is CC(Nc1ncnc(N)c1C#CC1=CCC(OC(F)(F)F)C=C1)c1nc2cccc(Cl)c2c(=O)n1-c1ccccc1. The highest BCUT2D eigenvalue weighted by Gasteiger charge is 2.32. The summed E-state index contributed by atoms with van der Waals surface area (Å²) >= 11 is 6.38. The molecule has 0 aliphatic heterocycles. The minimum Gasteiger partial charge on any atom is -0.382 e. The molecule has 5 rings (SSSR count). The second-order valence-corrected chi connectivity index (χ2v) is 9.44. The van der Waals surface area contributed by atoms with Crippen molar-refractivity contribution in [3.63, 3.8) is 0 Å². The average molecular weight is 579 g/mol. The van der Waals surface area contributed by atoms with E-state index in [2.05, 4.69) is 31.9 Å². The molecule has 2 aromatic heterocycles. The van der Waals surface area contributed by atoms with Crippen LogP contribution < -0.4 is 16.6 Å². The largest absolute Gasteiger partial charge is 0.523 e. The monoisotopic (exact) mass is 578 g/mol. The molecule has 0 fully saturated rings. The van der Waals surface area contributed by atoms with Gasteiger partial charge in [0.05, 0.1) is 33.8 Å². The molecule has 12 heteroatoms. The van der Waals surface area contributed by atoms with Crippen molar-refractivity contribution >= 4 is 34.1 Å². The number of nitrogens with zero attached hydrogens (tertiary/aromatic N) is 4. The van der Waals surface area contributed by atoms with Crippen LogP contribution in [0, 0.1) is 11.8 Å². The topological polar surface area (TPSA) is 108 Å². The Morgan fingerprint density at radius 2 is 1.93 bits per heavy atom. The van der Waals surface area contributed by atoms with Crippen molar-refractivity contribution in [3.05, 3.63) is 105 Å². The maximum atomic E-state index is 13.7. The van der Waals surface area contributed by atoms with Gasteiger partial charge in [-0.15, -0.1) is 13.2 Å². The van der Waals surface area contributed by atoms with E-state index in [9.17, 15) is 18.0 Å². The Labute approximate surface area is 237 Å². The summed E-state index contributed by atoms with van der Waals surface area (Å²) in [4.78, 5) is 26.8. The lowest BCUT2D eigenvalue weighted by Gasteiger charge is -2.21. The van der Waals surface area contributed by atoms with Crippen molar-refractivity contribution in [2.75, 3.05) is 11.1 Å². The molecule has 0 spiro atoms. The van der Waals surface area contributed by atoms with Crippen LogP contribution >= 0.6 is 11.6 Å². The number of rotatable bonds is 5. The van der Waals surface area contributed by atoms with E-state index < -0.39 is 18.5 Å². The summed E-state index contributed by atoms with van der Waals surface area (Å²) in [7, 11) is 0. The molecule has 1 aliphatic carbocycles. The number of anilines is 2. The van der Waals surface area contributed by atoms with Crippen molar-refractivity contribution in [2.45, 2.75) is 31.9 Å². The number of para-hydroxylation sites is 1. The number of ether oxygens (including phenoxy) is 1. The van der Waals surface area contributed by atoms with Gasteiger partial charge in [0.1, 0.15) is 29.4 Å². The van der Waals surface area contributed by atoms with Gasteiger partial charge in [-0.25, -0.2) is 15.0 Å². The minimum atomic E-state index is -4.73. The molecule has 0 radical (unpaired) electrons. The molecule has 2 atom stereocenters. The number of hydrogen-bond acceptors (Lipinski definition) is 7. The molecular formula is C29H22ClF3N6O2. The molecule has 2 aromatic carbocycles. The summed E-state index contributed by atoms with van der Waals surface area (Å²) in [6, 6.07) is 13.5. The van der Waals surface area contributed by atoms with E-state index in [0.29, 0.717) is 33.0 Å². The molecule has 1 aliphatic rings. The Balaban J connectivity index is 1.49. The number of nitrogens with two attached hydrogens (primary N) is 1. The van der Waals surface area contributed by atoms with E-state index in [-0.39, 0.29) is 29.2 Å². The lowest BCUT2D eigenvalue weighted by Crippen LogP contribution is -2.27. The summed E-state index contributed by atoms with van der Waals surface area (Å²) in [5, 5.41) is 3.82. The quantitative estimate of drug-likeness (QED) is 0.291. The van der Waals surface area contributed by atoms with Crippen molar-refractivity contribution in [3.8, 4) is 17.5 Å². The molecule has 4 aromatic rings. The van der Waals surface area contributed by atoms with Gasteiger partial charge in [-0.3, -0.25) is 14.1 Å². The summed E-state index contributed by atoms with van der Waals surface area (Å²) in [6.07, 6.45) is -0.270. The molecule has 0 amide bonds. The Bertz CT molecular complexity index is 1790. The second-order valence-electron chi connectivity index (χ2n) is 9.03. The van der Waals surface area contributed by atoms with Crippen LogP contribution in [0.15, 0.2) is 83.5 Å². The number of fused-ring (bicyclic) bond motifs is 1. The van der Waals surface area contributed by atoms with Crippen molar-refractivity contribution in [1.82, 2.24) is 19.5 Å². The van der Waals surface area contributed by atoms with E-state index >= 15 is 0 Å². The summed E-state index contributed by atoms with van der Waals surface area (Å²) in [6.45, 7) is 1.81. The van der Waals surface area contributed by atoms with Gasteiger partial charge < -0.3 is 11.1 Å². The third kappa shape index (κ3) is 6.24. The summed E-state index contributed by atoms with van der Waals surface area (Å²) < 4.78 is 43.0. The fraction of sp³-hybridized carbons (Fsp3) is 0.172. The van der Waals surface area contributed by atoms with Crippen LogP contribution in [0.1, 0.15) is 30.8 Å².